The Labute approximate surface area is 128 Å². The molecule has 1 aliphatic rings. The van der Waals surface area contributed by atoms with E-state index in [0.29, 0.717) is 6.07 Å². The van der Waals surface area contributed by atoms with E-state index >= 15 is 0 Å². The van der Waals surface area contributed by atoms with E-state index in [1.54, 1.807) is 0 Å². The number of rotatable bonds is 2. The molecule has 2 heterocycles. The van der Waals surface area contributed by atoms with Gasteiger partial charge in [0.25, 0.3) is 0 Å². The zero-order valence-electron chi connectivity index (χ0n) is 10.3. The third kappa shape index (κ3) is 2.59. The molecule has 1 unspecified atom stereocenters. The average molecular weight is 335 g/mol. The minimum Gasteiger partial charge on any atom is -0.207 e. The van der Waals surface area contributed by atoms with Gasteiger partial charge in [-0.25, -0.2) is 13.2 Å². The van der Waals surface area contributed by atoms with Crippen LogP contribution in [0.2, 0.25) is 0 Å². The highest BCUT2D eigenvalue weighted by molar-refractivity contribution is 7.98. The number of hydrogen-bond acceptors (Lipinski definition) is 2. The molecule has 0 saturated heterocycles. The van der Waals surface area contributed by atoms with Crippen LogP contribution in [0.3, 0.4) is 0 Å². The number of fused-ring (bicyclic) bond motifs is 1. The van der Waals surface area contributed by atoms with Crippen LogP contribution in [-0.2, 0) is 12.2 Å². The fraction of sp³-hybridized carbons (Fsp3) is 0.286. The summed E-state index contributed by atoms with van der Waals surface area (Å²) in [6, 6.07) is 3.34. The van der Waals surface area contributed by atoms with Gasteiger partial charge in [-0.05, 0) is 29.9 Å². The highest BCUT2D eigenvalue weighted by Gasteiger charge is 2.23. The third-order valence-corrected chi connectivity index (χ3v) is 6.12. The Bertz CT molecular complexity index is 631. The number of benzene rings is 1. The first-order valence-corrected chi connectivity index (χ1v) is 8.44. The van der Waals surface area contributed by atoms with Crippen molar-refractivity contribution in [3.8, 4) is 0 Å². The van der Waals surface area contributed by atoms with Crippen molar-refractivity contribution in [1.29, 1.82) is 0 Å². The Kier molecular flexibility index (Phi) is 4.02. The summed E-state index contributed by atoms with van der Waals surface area (Å²) in [5.74, 6) is -1.10. The van der Waals surface area contributed by atoms with Crippen molar-refractivity contribution in [2.24, 2.45) is 0 Å². The Morgan fingerprint density at radius 3 is 2.55 bits per heavy atom. The topological polar surface area (TPSA) is 0 Å². The lowest BCUT2D eigenvalue weighted by molar-refractivity contribution is 0.490. The van der Waals surface area contributed by atoms with E-state index in [-0.39, 0.29) is 5.56 Å². The molecule has 3 rings (SSSR count). The number of hydrogen-bond donors (Lipinski definition) is 0. The standard InChI is InChI=1S/C14H10ClF3S2/c15-14(8-4-10(17)11(18)5-9(8)16)13-3-7-6-19-2-1-12(7)20-13/h3-5,14H,1-2,6H2. The molecule has 0 N–H and O–H groups in total. The Morgan fingerprint density at radius 2 is 1.80 bits per heavy atom. The van der Waals surface area contributed by atoms with Crippen LogP contribution < -0.4 is 0 Å². The maximum atomic E-state index is 13.8. The van der Waals surface area contributed by atoms with Gasteiger partial charge in [0, 0.05) is 27.1 Å². The molecule has 106 valence electrons. The largest absolute Gasteiger partial charge is 0.207 e. The molecule has 1 aromatic heterocycles. The quantitative estimate of drug-likeness (QED) is 0.531. The molecule has 1 aliphatic heterocycles. The molecule has 20 heavy (non-hydrogen) atoms. The summed E-state index contributed by atoms with van der Waals surface area (Å²) in [7, 11) is 0. The summed E-state index contributed by atoms with van der Waals surface area (Å²) < 4.78 is 40.0. The van der Waals surface area contributed by atoms with Crippen molar-refractivity contribution in [2.45, 2.75) is 17.6 Å². The number of halogens is 4. The van der Waals surface area contributed by atoms with Crippen LogP contribution in [-0.4, -0.2) is 5.75 Å². The average Bonchev–Trinajstić information content (AvgIpc) is 2.86. The summed E-state index contributed by atoms with van der Waals surface area (Å²) in [6.07, 6.45) is 0.981. The lowest BCUT2D eigenvalue weighted by Gasteiger charge is -2.09. The molecule has 2 aromatic rings. The number of thiophene rings is 1. The molecule has 0 spiro atoms. The molecular weight excluding hydrogens is 325 g/mol. The van der Waals surface area contributed by atoms with Crippen molar-refractivity contribution in [3.05, 3.63) is 56.5 Å². The zero-order chi connectivity index (χ0) is 14.3. The van der Waals surface area contributed by atoms with Gasteiger partial charge in [-0.3, -0.25) is 0 Å². The molecule has 1 aromatic carbocycles. The Balaban J connectivity index is 1.98. The van der Waals surface area contributed by atoms with E-state index in [9.17, 15) is 13.2 Å². The predicted octanol–water partition coefficient (Wildman–Crippen LogP) is 5.28. The van der Waals surface area contributed by atoms with E-state index in [0.717, 1.165) is 28.9 Å². The molecule has 0 fully saturated rings. The van der Waals surface area contributed by atoms with Crippen LogP contribution in [0.25, 0.3) is 0 Å². The van der Waals surface area contributed by atoms with Gasteiger partial charge < -0.3 is 0 Å². The highest BCUT2D eigenvalue weighted by Crippen LogP contribution is 2.40. The van der Waals surface area contributed by atoms with E-state index in [1.165, 1.54) is 21.8 Å². The summed E-state index contributed by atoms with van der Waals surface area (Å²) >= 11 is 9.63. The SMILES string of the molecule is Fc1cc(F)c(C(Cl)c2cc3c(s2)CCSC3)cc1F. The van der Waals surface area contributed by atoms with Crippen LogP contribution in [0.4, 0.5) is 13.2 Å². The Morgan fingerprint density at radius 1 is 1.05 bits per heavy atom. The van der Waals surface area contributed by atoms with Crippen LogP contribution in [0, 0.1) is 17.5 Å². The fourth-order valence-electron chi connectivity index (χ4n) is 2.18. The highest BCUT2D eigenvalue weighted by atomic mass is 35.5. The van der Waals surface area contributed by atoms with Crippen molar-refractivity contribution < 1.29 is 13.2 Å². The lowest BCUT2D eigenvalue weighted by Crippen LogP contribution is -1.98. The van der Waals surface area contributed by atoms with Gasteiger partial charge in [0.15, 0.2) is 11.6 Å². The first-order chi connectivity index (χ1) is 9.56. The first-order valence-electron chi connectivity index (χ1n) is 6.04. The molecule has 0 saturated carbocycles. The van der Waals surface area contributed by atoms with Crippen LogP contribution in [0.1, 0.15) is 26.3 Å². The van der Waals surface area contributed by atoms with E-state index in [4.69, 9.17) is 11.6 Å². The monoisotopic (exact) mass is 334 g/mol. The second-order valence-corrected chi connectivity index (χ2v) is 7.26. The maximum Gasteiger partial charge on any atom is 0.161 e. The number of alkyl halides is 1. The smallest absolute Gasteiger partial charge is 0.161 e. The van der Waals surface area contributed by atoms with Crippen molar-refractivity contribution in [3.63, 3.8) is 0 Å². The molecular formula is C14H10ClF3S2. The summed E-state index contributed by atoms with van der Waals surface area (Å²) in [5.41, 5.74) is 1.20. The molecule has 6 heteroatoms. The van der Waals surface area contributed by atoms with Gasteiger partial charge in [0.2, 0.25) is 0 Å². The molecule has 0 radical (unpaired) electrons. The second kappa shape index (κ2) is 5.62. The van der Waals surface area contributed by atoms with Crippen LogP contribution in [0.5, 0.6) is 0 Å². The minimum atomic E-state index is -1.20. The molecule has 1 atom stereocenters. The van der Waals surface area contributed by atoms with Crippen molar-refractivity contribution in [2.75, 3.05) is 5.75 Å². The van der Waals surface area contributed by atoms with Crippen LogP contribution >= 0.6 is 34.7 Å². The predicted molar refractivity (Wildman–Crippen MR) is 78.2 cm³/mol. The van der Waals surface area contributed by atoms with E-state index in [2.05, 4.69) is 0 Å². The van der Waals surface area contributed by atoms with Gasteiger partial charge in [-0.1, -0.05) is 0 Å². The first kappa shape index (κ1) is 14.3. The summed E-state index contributed by atoms with van der Waals surface area (Å²) in [5, 5.41) is -0.786. The van der Waals surface area contributed by atoms with E-state index < -0.39 is 22.8 Å². The van der Waals surface area contributed by atoms with Gasteiger partial charge >= 0.3 is 0 Å². The number of thioether (sulfide) groups is 1. The molecule has 0 amide bonds. The molecule has 0 nitrogen and oxygen atoms in total. The van der Waals surface area contributed by atoms with Crippen LogP contribution in [0.15, 0.2) is 18.2 Å². The third-order valence-electron chi connectivity index (χ3n) is 3.21. The molecule has 0 bridgehead atoms. The fourth-order valence-corrected chi connectivity index (χ4v) is 4.92. The van der Waals surface area contributed by atoms with E-state index in [1.807, 2.05) is 17.8 Å². The van der Waals surface area contributed by atoms with Gasteiger partial charge in [-0.2, -0.15) is 11.8 Å². The van der Waals surface area contributed by atoms with Gasteiger partial charge in [0.05, 0.1) is 5.38 Å². The maximum absolute atomic E-state index is 13.8. The van der Waals surface area contributed by atoms with Gasteiger partial charge in [0.1, 0.15) is 5.82 Å². The second-order valence-electron chi connectivity index (χ2n) is 4.55. The molecule has 0 aliphatic carbocycles. The lowest BCUT2D eigenvalue weighted by atomic mass is 10.1. The van der Waals surface area contributed by atoms with Crippen molar-refractivity contribution in [1.82, 2.24) is 0 Å². The normalized spacial score (nSPS) is 16.0. The summed E-state index contributed by atoms with van der Waals surface area (Å²) in [4.78, 5) is 2.04. The summed E-state index contributed by atoms with van der Waals surface area (Å²) in [6.45, 7) is 0. The van der Waals surface area contributed by atoms with Crippen molar-refractivity contribution >= 4 is 34.7 Å². The Hall–Kier alpha value is -0.650. The van der Waals surface area contributed by atoms with Gasteiger partial charge in [-0.15, -0.1) is 22.9 Å². The zero-order valence-corrected chi connectivity index (χ0v) is 12.6. The minimum absolute atomic E-state index is 0.0168. The number of aryl methyl sites for hydroxylation is 1.